The first-order chi connectivity index (χ1) is 7.79. The summed E-state index contributed by atoms with van der Waals surface area (Å²) in [5.74, 6) is 0. The zero-order valence-corrected chi connectivity index (χ0v) is 10.7. The molecule has 2 rings (SSSR count). The Morgan fingerprint density at radius 3 is 3.25 bits per heavy atom. The molecule has 0 radical (unpaired) electrons. The van der Waals surface area contributed by atoms with Gasteiger partial charge in [0.25, 0.3) is 0 Å². The van der Waals surface area contributed by atoms with Crippen molar-refractivity contribution in [2.45, 2.75) is 18.6 Å². The molecular formula is C11H19N3OS. The smallest absolute Gasteiger partial charge is 0.0941 e. The Bertz CT molecular complexity index is 304. The van der Waals surface area contributed by atoms with Crippen LogP contribution in [-0.2, 0) is 11.2 Å². The van der Waals surface area contributed by atoms with Crippen molar-refractivity contribution < 1.29 is 4.74 Å². The van der Waals surface area contributed by atoms with Crippen LogP contribution in [-0.4, -0.2) is 55.8 Å². The van der Waals surface area contributed by atoms with Gasteiger partial charge in [-0.15, -0.1) is 11.3 Å². The highest BCUT2D eigenvalue weighted by Gasteiger charge is 2.26. The lowest BCUT2D eigenvalue weighted by atomic mass is 10.1. The standard InChI is InChI=1S/C11H19N3OS/c1-12-9(7-11-13-3-6-16-11)10-8-14(2)4-5-15-10/h3,6,9-10,12H,4-5,7-8H2,1-2H3. The van der Waals surface area contributed by atoms with Crippen LogP contribution in [0.25, 0.3) is 0 Å². The third-order valence-corrected chi connectivity index (χ3v) is 3.80. The molecule has 0 saturated carbocycles. The molecular weight excluding hydrogens is 222 g/mol. The molecule has 1 aromatic rings. The Labute approximate surface area is 101 Å². The van der Waals surface area contributed by atoms with E-state index in [1.807, 2.05) is 18.6 Å². The second-order valence-electron chi connectivity index (χ2n) is 4.20. The van der Waals surface area contributed by atoms with Crippen molar-refractivity contribution in [2.24, 2.45) is 0 Å². The monoisotopic (exact) mass is 241 g/mol. The average molecular weight is 241 g/mol. The minimum Gasteiger partial charge on any atom is -0.374 e. The van der Waals surface area contributed by atoms with Gasteiger partial charge in [0.05, 0.1) is 17.7 Å². The van der Waals surface area contributed by atoms with E-state index in [-0.39, 0.29) is 6.10 Å². The lowest BCUT2D eigenvalue weighted by Crippen LogP contribution is -2.51. The molecule has 0 bridgehead atoms. The molecule has 0 aliphatic carbocycles. The van der Waals surface area contributed by atoms with Crippen LogP contribution in [0.1, 0.15) is 5.01 Å². The quantitative estimate of drug-likeness (QED) is 0.838. The summed E-state index contributed by atoms with van der Waals surface area (Å²) >= 11 is 1.71. The Morgan fingerprint density at radius 2 is 2.62 bits per heavy atom. The van der Waals surface area contributed by atoms with E-state index in [0.29, 0.717) is 6.04 Å². The highest BCUT2D eigenvalue weighted by molar-refractivity contribution is 7.09. The molecule has 1 fully saturated rings. The van der Waals surface area contributed by atoms with Crippen LogP contribution < -0.4 is 5.32 Å². The number of rotatable bonds is 4. The van der Waals surface area contributed by atoms with Gasteiger partial charge >= 0.3 is 0 Å². The minimum atomic E-state index is 0.271. The largest absolute Gasteiger partial charge is 0.374 e. The van der Waals surface area contributed by atoms with Crippen LogP contribution in [0.5, 0.6) is 0 Å². The SMILES string of the molecule is CNC(Cc1nccs1)C1CN(C)CCO1. The predicted octanol–water partition coefficient (Wildman–Crippen LogP) is 0.604. The van der Waals surface area contributed by atoms with Gasteiger partial charge in [-0.2, -0.15) is 0 Å². The molecule has 0 spiro atoms. The summed E-state index contributed by atoms with van der Waals surface area (Å²) in [6, 6.07) is 0.355. The van der Waals surface area contributed by atoms with Gasteiger partial charge in [0, 0.05) is 37.1 Å². The zero-order valence-electron chi connectivity index (χ0n) is 9.85. The molecule has 2 unspecified atom stereocenters. The van der Waals surface area contributed by atoms with Gasteiger partial charge in [0.15, 0.2) is 0 Å². The second-order valence-corrected chi connectivity index (χ2v) is 5.18. The van der Waals surface area contributed by atoms with Gasteiger partial charge in [0.1, 0.15) is 0 Å². The van der Waals surface area contributed by atoms with Gasteiger partial charge in [-0.25, -0.2) is 4.98 Å². The van der Waals surface area contributed by atoms with Crippen LogP contribution in [0.3, 0.4) is 0 Å². The molecule has 1 aromatic heterocycles. The lowest BCUT2D eigenvalue weighted by molar-refractivity contribution is -0.0372. The minimum absolute atomic E-state index is 0.271. The molecule has 5 heteroatoms. The van der Waals surface area contributed by atoms with E-state index >= 15 is 0 Å². The van der Waals surface area contributed by atoms with E-state index < -0.39 is 0 Å². The first kappa shape index (κ1) is 12.0. The number of morpholine rings is 1. The summed E-state index contributed by atoms with van der Waals surface area (Å²) in [6.07, 6.45) is 3.08. The van der Waals surface area contributed by atoms with Crippen molar-refractivity contribution in [3.05, 3.63) is 16.6 Å². The normalized spacial score (nSPS) is 24.5. The zero-order chi connectivity index (χ0) is 11.4. The predicted molar refractivity (Wildman–Crippen MR) is 65.9 cm³/mol. The molecule has 4 nitrogen and oxygen atoms in total. The topological polar surface area (TPSA) is 37.4 Å². The Morgan fingerprint density at radius 1 is 1.75 bits per heavy atom. The average Bonchev–Trinajstić information content (AvgIpc) is 2.78. The van der Waals surface area contributed by atoms with Crippen LogP contribution in [0.4, 0.5) is 0 Å². The number of thiazole rings is 1. The van der Waals surface area contributed by atoms with Crippen molar-refractivity contribution in [1.29, 1.82) is 0 Å². The number of ether oxygens (including phenoxy) is 1. The third-order valence-electron chi connectivity index (χ3n) is 2.99. The third kappa shape index (κ3) is 3.01. The summed E-state index contributed by atoms with van der Waals surface area (Å²) in [5.41, 5.74) is 0. The van der Waals surface area contributed by atoms with Crippen LogP contribution in [0.2, 0.25) is 0 Å². The maximum absolute atomic E-state index is 5.82. The summed E-state index contributed by atoms with van der Waals surface area (Å²) < 4.78 is 5.82. The number of hydrogen-bond donors (Lipinski definition) is 1. The van der Waals surface area contributed by atoms with Crippen molar-refractivity contribution in [3.63, 3.8) is 0 Å². The van der Waals surface area contributed by atoms with Crippen molar-refractivity contribution in [2.75, 3.05) is 33.8 Å². The highest BCUT2D eigenvalue weighted by atomic mass is 32.1. The molecule has 90 valence electrons. The van der Waals surface area contributed by atoms with Crippen molar-refractivity contribution in [1.82, 2.24) is 15.2 Å². The Balaban J connectivity index is 1.93. The van der Waals surface area contributed by atoms with Gasteiger partial charge in [-0.3, -0.25) is 0 Å². The fourth-order valence-electron chi connectivity index (χ4n) is 2.02. The van der Waals surface area contributed by atoms with E-state index in [1.165, 1.54) is 5.01 Å². The summed E-state index contributed by atoms with van der Waals surface area (Å²) in [5, 5.41) is 6.55. The first-order valence-corrected chi connectivity index (χ1v) is 6.53. The Kier molecular flexibility index (Phi) is 4.29. The van der Waals surface area contributed by atoms with E-state index in [1.54, 1.807) is 11.3 Å². The summed E-state index contributed by atoms with van der Waals surface area (Å²) in [4.78, 5) is 6.65. The molecule has 0 aromatic carbocycles. The second kappa shape index (κ2) is 5.72. The molecule has 1 N–H and O–H groups in total. The first-order valence-electron chi connectivity index (χ1n) is 5.65. The van der Waals surface area contributed by atoms with Gasteiger partial charge in [0.2, 0.25) is 0 Å². The number of nitrogens with one attached hydrogen (secondary N) is 1. The number of nitrogens with zero attached hydrogens (tertiary/aromatic N) is 2. The van der Waals surface area contributed by atoms with Crippen molar-refractivity contribution >= 4 is 11.3 Å². The molecule has 1 aliphatic heterocycles. The number of likely N-dealkylation sites (N-methyl/N-ethyl adjacent to an activating group) is 2. The van der Waals surface area contributed by atoms with Crippen molar-refractivity contribution in [3.8, 4) is 0 Å². The molecule has 1 saturated heterocycles. The number of aromatic nitrogens is 1. The summed E-state index contributed by atoms with van der Waals surface area (Å²) in [6.45, 7) is 2.86. The molecule has 1 aliphatic rings. The van der Waals surface area contributed by atoms with Crippen LogP contribution in [0, 0.1) is 0 Å². The molecule has 2 heterocycles. The van der Waals surface area contributed by atoms with Gasteiger partial charge in [-0.05, 0) is 14.1 Å². The van der Waals surface area contributed by atoms with Gasteiger partial charge in [-0.1, -0.05) is 0 Å². The van der Waals surface area contributed by atoms with E-state index in [2.05, 4.69) is 22.2 Å². The molecule has 0 amide bonds. The van der Waals surface area contributed by atoms with E-state index in [0.717, 1.165) is 26.1 Å². The maximum Gasteiger partial charge on any atom is 0.0941 e. The fraction of sp³-hybridized carbons (Fsp3) is 0.727. The highest BCUT2D eigenvalue weighted by Crippen LogP contribution is 2.14. The molecule has 2 atom stereocenters. The van der Waals surface area contributed by atoms with Gasteiger partial charge < -0.3 is 15.0 Å². The lowest BCUT2D eigenvalue weighted by Gasteiger charge is -2.34. The fourth-order valence-corrected chi connectivity index (χ4v) is 2.69. The van der Waals surface area contributed by atoms with Crippen LogP contribution in [0.15, 0.2) is 11.6 Å². The molecule has 16 heavy (non-hydrogen) atoms. The Hall–Kier alpha value is -0.490. The maximum atomic E-state index is 5.82. The van der Waals surface area contributed by atoms with E-state index in [9.17, 15) is 0 Å². The number of hydrogen-bond acceptors (Lipinski definition) is 5. The van der Waals surface area contributed by atoms with Crippen LogP contribution >= 0.6 is 11.3 Å². The summed E-state index contributed by atoms with van der Waals surface area (Å²) in [7, 11) is 4.14. The van der Waals surface area contributed by atoms with E-state index in [4.69, 9.17) is 4.74 Å².